The number of anilines is 1. The van der Waals surface area contributed by atoms with Crippen LogP contribution in [0.5, 0.6) is 17.2 Å². The van der Waals surface area contributed by atoms with Crippen LogP contribution in [0, 0.1) is 0 Å². The van der Waals surface area contributed by atoms with E-state index in [2.05, 4.69) is 5.32 Å². The zero-order valence-electron chi connectivity index (χ0n) is 19.6. The van der Waals surface area contributed by atoms with Crippen LogP contribution in [0.2, 0.25) is 0 Å². The summed E-state index contributed by atoms with van der Waals surface area (Å²) in [7, 11) is -0.716. The van der Waals surface area contributed by atoms with Gasteiger partial charge in [-0.25, -0.2) is 8.42 Å². The van der Waals surface area contributed by atoms with Crippen molar-refractivity contribution >= 4 is 21.6 Å². The third-order valence-electron chi connectivity index (χ3n) is 5.78. The van der Waals surface area contributed by atoms with Crippen molar-refractivity contribution in [1.82, 2.24) is 4.31 Å². The number of sulfonamides is 1. The molecule has 0 radical (unpaired) electrons. The Kier molecular flexibility index (Phi) is 8.20. The fourth-order valence-electron chi connectivity index (χ4n) is 3.97. The molecule has 2 aromatic carbocycles. The molecule has 33 heavy (non-hydrogen) atoms. The molecule has 1 aliphatic carbocycles. The summed E-state index contributed by atoms with van der Waals surface area (Å²) in [5, 5.41) is 2.82. The highest BCUT2D eigenvalue weighted by Gasteiger charge is 2.25. The van der Waals surface area contributed by atoms with Gasteiger partial charge in [0.2, 0.25) is 10.0 Å². The molecule has 0 bridgehead atoms. The van der Waals surface area contributed by atoms with E-state index < -0.39 is 15.9 Å². The maximum absolute atomic E-state index is 13.1. The molecule has 0 saturated heterocycles. The molecule has 0 heterocycles. The highest BCUT2D eigenvalue weighted by atomic mass is 32.2. The van der Waals surface area contributed by atoms with E-state index in [-0.39, 0.29) is 22.3 Å². The Balaban J connectivity index is 1.89. The lowest BCUT2D eigenvalue weighted by Crippen LogP contribution is -2.30. The summed E-state index contributed by atoms with van der Waals surface area (Å²) in [5.74, 6) is 0.944. The zero-order chi connectivity index (χ0) is 24.0. The summed E-state index contributed by atoms with van der Waals surface area (Å²) in [4.78, 5) is 13.2. The molecule has 1 aliphatic rings. The first-order chi connectivity index (χ1) is 15.8. The van der Waals surface area contributed by atoms with Crippen LogP contribution >= 0.6 is 0 Å². The molecular formula is C24H32N2O6S. The minimum absolute atomic E-state index is 0.0390. The molecule has 1 N–H and O–H groups in total. The molecule has 180 valence electrons. The van der Waals surface area contributed by atoms with Gasteiger partial charge in [0.05, 0.1) is 30.8 Å². The lowest BCUT2D eigenvalue weighted by atomic mass is 10.1. The Bertz CT molecular complexity index is 1080. The van der Waals surface area contributed by atoms with E-state index in [1.807, 2.05) is 0 Å². The Morgan fingerprint density at radius 1 is 0.970 bits per heavy atom. The smallest absolute Gasteiger partial charge is 0.259 e. The summed E-state index contributed by atoms with van der Waals surface area (Å²) in [6.07, 6.45) is 4.38. The summed E-state index contributed by atoms with van der Waals surface area (Å²) >= 11 is 0. The van der Waals surface area contributed by atoms with Crippen LogP contribution in [-0.2, 0) is 10.0 Å². The first kappa shape index (κ1) is 24.9. The normalized spacial score (nSPS) is 14.3. The van der Waals surface area contributed by atoms with Gasteiger partial charge in [-0.1, -0.05) is 13.8 Å². The van der Waals surface area contributed by atoms with E-state index in [1.54, 1.807) is 39.2 Å². The summed E-state index contributed by atoms with van der Waals surface area (Å²) in [6.45, 7) is 4.21. The van der Waals surface area contributed by atoms with Gasteiger partial charge in [0, 0.05) is 24.8 Å². The Morgan fingerprint density at radius 2 is 1.61 bits per heavy atom. The van der Waals surface area contributed by atoms with Crippen molar-refractivity contribution < 1.29 is 27.4 Å². The van der Waals surface area contributed by atoms with Crippen LogP contribution in [0.3, 0.4) is 0 Å². The van der Waals surface area contributed by atoms with E-state index in [1.165, 1.54) is 29.6 Å². The van der Waals surface area contributed by atoms with Crippen LogP contribution in [-0.4, -0.2) is 52.0 Å². The average Bonchev–Trinajstić information content (AvgIpc) is 3.32. The number of amides is 1. The first-order valence-electron chi connectivity index (χ1n) is 11.2. The Labute approximate surface area is 195 Å². The number of nitrogens with one attached hydrogen (secondary N) is 1. The Morgan fingerprint density at radius 3 is 2.21 bits per heavy atom. The fourth-order valence-corrected chi connectivity index (χ4v) is 5.45. The van der Waals surface area contributed by atoms with Gasteiger partial charge in [0.1, 0.15) is 5.75 Å². The van der Waals surface area contributed by atoms with Gasteiger partial charge in [0.25, 0.3) is 5.91 Å². The zero-order valence-corrected chi connectivity index (χ0v) is 20.4. The van der Waals surface area contributed by atoms with Crippen molar-refractivity contribution in [3.63, 3.8) is 0 Å². The largest absolute Gasteiger partial charge is 0.496 e. The van der Waals surface area contributed by atoms with Crippen LogP contribution in [0.1, 0.15) is 49.9 Å². The second kappa shape index (κ2) is 10.9. The molecule has 0 aromatic heterocycles. The number of benzene rings is 2. The van der Waals surface area contributed by atoms with Crippen molar-refractivity contribution in [2.75, 3.05) is 32.6 Å². The lowest BCUT2D eigenvalue weighted by Gasteiger charge is -2.19. The number of hydrogen-bond donors (Lipinski definition) is 1. The maximum Gasteiger partial charge on any atom is 0.259 e. The van der Waals surface area contributed by atoms with Crippen LogP contribution in [0.25, 0.3) is 0 Å². The quantitative estimate of drug-likeness (QED) is 0.549. The molecule has 1 saturated carbocycles. The summed E-state index contributed by atoms with van der Waals surface area (Å²) in [6, 6.07) is 9.46. The molecule has 9 heteroatoms. The predicted octanol–water partition coefficient (Wildman–Crippen LogP) is 4.31. The number of rotatable bonds is 10. The fraction of sp³-hybridized carbons (Fsp3) is 0.458. The van der Waals surface area contributed by atoms with E-state index in [0.29, 0.717) is 30.3 Å². The molecule has 1 fully saturated rings. The van der Waals surface area contributed by atoms with Gasteiger partial charge in [-0.15, -0.1) is 0 Å². The van der Waals surface area contributed by atoms with Gasteiger partial charge in [-0.3, -0.25) is 4.79 Å². The van der Waals surface area contributed by atoms with Crippen molar-refractivity contribution in [2.45, 2.75) is 50.5 Å². The van der Waals surface area contributed by atoms with Crippen molar-refractivity contribution in [3.05, 3.63) is 42.0 Å². The maximum atomic E-state index is 13.1. The van der Waals surface area contributed by atoms with Crippen LogP contribution < -0.4 is 19.5 Å². The van der Waals surface area contributed by atoms with E-state index in [9.17, 15) is 13.2 Å². The molecule has 0 atom stereocenters. The van der Waals surface area contributed by atoms with Gasteiger partial charge in [0.15, 0.2) is 11.5 Å². The van der Waals surface area contributed by atoms with E-state index in [0.717, 1.165) is 25.7 Å². The minimum Gasteiger partial charge on any atom is -0.496 e. The number of carbonyl (C=O) groups is 1. The third kappa shape index (κ3) is 5.59. The Hall–Kier alpha value is -2.78. The van der Waals surface area contributed by atoms with Crippen molar-refractivity contribution in [1.29, 1.82) is 0 Å². The molecular weight excluding hydrogens is 444 g/mol. The lowest BCUT2D eigenvalue weighted by molar-refractivity contribution is 0.102. The number of methoxy groups -OCH3 is 2. The first-order valence-corrected chi connectivity index (χ1v) is 12.6. The van der Waals surface area contributed by atoms with Crippen LogP contribution in [0.15, 0.2) is 41.3 Å². The summed E-state index contributed by atoms with van der Waals surface area (Å²) < 4.78 is 44.0. The third-order valence-corrected chi connectivity index (χ3v) is 7.82. The van der Waals surface area contributed by atoms with Crippen LogP contribution in [0.4, 0.5) is 5.69 Å². The molecule has 2 aromatic rings. The average molecular weight is 477 g/mol. The van der Waals surface area contributed by atoms with E-state index >= 15 is 0 Å². The monoisotopic (exact) mass is 476 g/mol. The second-order valence-corrected chi connectivity index (χ2v) is 9.73. The number of ether oxygens (including phenoxy) is 3. The van der Waals surface area contributed by atoms with Gasteiger partial charge >= 0.3 is 0 Å². The van der Waals surface area contributed by atoms with Gasteiger partial charge < -0.3 is 19.5 Å². The topological polar surface area (TPSA) is 94.2 Å². The number of carbonyl (C=O) groups excluding carboxylic acids is 1. The standard InChI is InChI=1S/C24H32N2O6S/c1-5-26(6-2)33(28,29)19-12-14-21(30-3)20(16-19)24(27)25-17-11-13-22(31-4)23(15-17)32-18-9-7-8-10-18/h11-16,18H,5-10H2,1-4H3,(H,25,27). The highest BCUT2D eigenvalue weighted by molar-refractivity contribution is 7.89. The van der Waals surface area contributed by atoms with Crippen molar-refractivity contribution in [2.24, 2.45) is 0 Å². The molecule has 3 rings (SSSR count). The summed E-state index contributed by atoms with van der Waals surface area (Å²) in [5.41, 5.74) is 0.632. The minimum atomic E-state index is -3.72. The highest BCUT2D eigenvalue weighted by Crippen LogP contribution is 2.34. The molecule has 1 amide bonds. The van der Waals surface area contributed by atoms with E-state index in [4.69, 9.17) is 14.2 Å². The molecule has 0 aliphatic heterocycles. The van der Waals surface area contributed by atoms with Gasteiger partial charge in [-0.05, 0) is 56.0 Å². The molecule has 8 nitrogen and oxygen atoms in total. The SMILES string of the molecule is CCN(CC)S(=O)(=O)c1ccc(OC)c(C(=O)Nc2ccc(OC)c(OC3CCCC3)c2)c1. The molecule has 0 unspecified atom stereocenters. The number of nitrogens with zero attached hydrogens (tertiary/aromatic N) is 1. The van der Waals surface area contributed by atoms with Crippen molar-refractivity contribution in [3.8, 4) is 17.2 Å². The second-order valence-electron chi connectivity index (χ2n) is 7.80. The molecule has 0 spiro atoms. The number of hydrogen-bond acceptors (Lipinski definition) is 6. The predicted molar refractivity (Wildman–Crippen MR) is 127 cm³/mol. The van der Waals surface area contributed by atoms with Gasteiger partial charge in [-0.2, -0.15) is 4.31 Å².